The third kappa shape index (κ3) is 4.02. The number of allylic oxidation sites excluding steroid dienone is 1. The highest BCUT2D eigenvalue weighted by molar-refractivity contribution is 5.98. The molecule has 0 saturated carbocycles. The zero-order valence-corrected chi connectivity index (χ0v) is 18.4. The quantitative estimate of drug-likeness (QED) is 0.558. The number of benzene rings is 2. The maximum absolute atomic E-state index is 13.2. The van der Waals surface area contributed by atoms with Crippen molar-refractivity contribution in [3.05, 3.63) is 65.2 Å². The van der Waals surface area contributed by atoms with Gasteiger partial charge < -0.3 is 19.0 Å². The van der Waals surface area contributed by atoms with Crippen LogP contribution in [0.25, 0.3) is 16.5 Å². The van der Waals surface area contributed by atoms with Crippen LogP contribution in [0.15, 0.2) is 47.1 Å². The van der Waals surface area contributed by atoms with E-state index in [1.54, 1.807) is 31.6 Å². The van der Waals surface area contributed by atoms with Gasteiger partial charge in [0.2, 0.25) is 5.91 Å². The number of hydrogen-bond donors (Lipinski definition) is 0. The van der Waals surface area contributed by atoms with Crippen LogP contribution in [0.4, 0.5) is 10.1 Å². The number of methoxy groups -OCH3 is 1. The third-order valence-electron chi connectivity index (χ3n) is 5.99. The van der Waals surface area contributed by atoms with E-state index in [0.717, 1.165) is 44.7 Å². The van der Waals surface area contributed by atoms with Gasteiger partial charge in [-0.2, -0.15) is 0 Å². The molecule has 0 atom stereocenters. The Kier molecular flexibility index (Phi) is 5.72. The minimum Gasteiger partial charge on any atom is -0.496 e. The zero-order chi connectivity index (χ0) is 22.1. The molecule has 0 spiro atoms. The summed E-state index contributed by atoms with van der Waals surface area (Å²) in [6, 6.07) is 8.52. The standard InChI is InChI=1S/C25H27FN2O3/c1-16(21-14-22-17(2)15-31-25(22)18(3)24(21)30-4)13-23(29)28-11-9-27(10-12-28)20-7-5-19(26)6-8-20/h5-8,13-15H,9-12H2,1-4H3/b16-13+. The van der Waals surface area contributed by atoms with Crippen LogP contribution in [0.3, 0.4) is 0 Å². The predicted octanol–water partition coefficient (Wildman–Crippen LogP) is 4.95. The molecule has 162 valence electrons. The van der Waals surface area contributed by atoms with E-state index in [1.807, 2.05) is 31.7 Å². The SMILES string of the molecule is COc1c(/C(C)=C/C(=O)N2CCN(c3ccc(F)cc3)CC2)cc2c(C)coc2c1C. The van der Waals surface area contributed by atoms with Crippen LogP contribution in [-0.4, -0.2) is 44.1 Å². The first-order chi connectivity index (χ1) is 14.9. The van der Waals surface area contributed by atoms with Crippen LogP contribution in [-0.2, 0) is 4.79 Å². The topological polar surface area (TPSA) is 45.9 Å². The van der Waals surface area contributed by atoms with Crippen LogP contribution in [0, 0.1) is 19.7 Å². The van der Waals surface area contributed by atoms with Crippen molar-refractivity contribution >= 4 is 28.1 Å². The molecule has 5 nitrogen and oxygen atoms in total. The van der Waals surface area contributed by atoms with Crippen molar-refractivity contribution in [1.29, 1.82) is 0 Å². The monoisotopic (exact) mass is 422 g/mol. The highest BCUT2D eigenvalue weighted by Crippen LogP contribution is 2.37. The molecule has 1 aliphatic rings. The second kappa shape index (κ2) is 8.46. The molecule has 1 saturated heterocycles. The number of amides is 1. The number of rotatable bonds is 4. The van der Waals surface area contributed by atoms with Crippen molar-refractivity contribution in [2.24, 2.45) is 0 Å². The Hall–Kier alpha value is -3.28. The van der Waals surface area contributed by atoms with Crippen molar-refractivity contribution in [2.75, 3.05) is 38.2 Å². The van der Waals surface area contributed by atoms with E-state index in [2.05, 4.69) is 4.90 Å². The third-order valence-corrected chi connectivity index (χ3v) is 5.99. The van der Waals surface area contributed by atoms with E-state index in [-0.39, 0.29) is 11.7 Å². The first-order valence-electron chi connectivity index (χ1n) is 10.4. The largest absolute Gasteiger partial charge is 0.496 e. The molecule has 0 unspecified atom stereocenters. The van der Waals surface area contributed by atoms with E-state index in [1.165, 1.54) is 12.1 Å². The van der Waals surface area contributed by atoms with E-state index in [0.29, 0.717) is 26.2 Å². The van der Waals surface area contributed by atoms with Crippen LogP contribution >= 0.6 is 0 Å². The van der Waals surface area contributed by atoms with Gasteiger partial charge in [0, 0.05) is 54.5 Å². The Bertz CT molecular complexity index is 1140. The lowest BCUT2D eigenvalue weighted by Crippen LogP contribution is -2.48. The second-order valence-corrected chi connectivity index (χ2v) is 7.99. The maximum Gasteiger partial charge on any atom is 0.246 e. The van der Waals surface area contributed by atoms with Crippen molar-refractivity contribution in [1.82, 2.24) is 4.90 Å². The molecule has 0 bridgehead atoms. The Morgan fingerprint density at radius 2 is 1.81 bits per heavy atom. The number of nitrogens with zero attached hydrogens (tertiary/aromatic N) is 2. The summed E-state index contributed by atoms with van der Waals surface area (Å²) in [5, 5.41) is 1.03. The average Bonchev–Trinajstić information content (AvgIpc) is 3.15. The van der Waals surface area contributed by atoms with Gasteiger partial charge >= 0.3 is 0 Å². The van der Waals surface area contributed by atoms with Crippen molar-refractivity contribution in [3.63, 3.8) is 0 Å². The molecule has 2 aromatic carbocycles. The van der Waals surface area contributed by atoms with Gasteiger partial charge in [-0.3, -0.25) is 4.79 Å². The molecule has 31 heavy (non-hydrogen) atoms. The number of piperazine rings is 1. The highest BCUT2D eigenvalue weighted by atomic mass is 19.1. The summed E-state index contributed by atoms with van der Waals surface area (Å²) in [6.07, 6.45) is 3.43. The Morgan fingerprint density at radius 3 is 2.45 bits per heavy atom. The van der Waals surface area contributed by atoms with Gasteiger partial charge in [-0.15, -0.1) is 0 Å². The van der Waals surface area contributed by atoms with E-state index in [4.69, 9.17) is 9.15 Å². The van der Waals surface area contributed by atoms with Gasteiger partial charge in [0.15, 0.2) is 0 Å². The number of hydrogen-bond acceptors (Lipinski definition) is 4. The molecule has 1 amide bonds. The summed E-state index contributed by atoms with van der Waals surface area (Å²) >= 11 is 0. The number of halogens is 1. The van der Waals surface area contributed by atoms with Gasteiger partial charge in [0.25, 0.3) is 0 Å². The molecule has 0 radical (unpaired) electrons. The first kappa shape index (κ1) is 21.0. The van der Waals surface area contributed by atoms with Gasteiger partial charge in [-0.05, 0) is 62.2 Å². The lowest BCUT2D eigenvalue weighted by Gasteiger charge is -2.35. The molecule has 6 heteroatoms. The number of carbonyl (C=O) groups is 1. The van der Waals surface area contributed by atoms with Crippen molar-refractivity contribution in [2.45, 2.75) is 20.8 Å². The lowest BCUT2D eigenvalue weighted by molar-refractivity contribution is -0.126. The van der Waals surface area contributed by atoms with Gasteiger partial charge in [-0.1, -0.05) is 0 Å². The number of carbonyl (C=O) groups excluding carboxylic acids is 1. The number of fused-ring (bicyclic) bond motifs is 1. The smallest absolute Gasteiger partial charge is 0.246 e. The van der Waals surface area contributed by atoms with Crippen LogP contribution in [0.2, 0.25) is 0 Å². The van der Waals surface area contributed by atoms with Gasteiger partial charge in [-0.25, -0.2) is 4.39 Å². The van der Waals surface area contributed by atoms with E-state index >= 15 is 0 Å². The van der Waals surface area contributed by atoms with Gasteiger partial charge in [0.05, 0.1) is 13.4 Å². The Labute approximate surface area is 181 Å². The molecular formula is C25H27FN2O3. The van der Waals surface area contributed by atoms with Crippen molar-refractivity contribution in [3.8, 4) is 5.75 Å². The van der Waals surface area contributed by atoms with E-state index in [9.17, 15) is 9.18 Å². The molecule has 1 aliphatic heterocycles. The number of ether oxygens (including phenoxy) is 1. The summed E-state index contributed by atoms with van der Waals surface area (Å²) in [6.45, 7) is 8.58. The lowest BCUT2D eigenvalue weighted by atomic mass is 9.98. The molecule has 2 heterocycles. The fourth-order valence-electron chi connectivity index (χ4n) is 4.19. The summed E-state index contributed by atoms with van der Waals surface area (Å²) in [5.74, 6) is 0.470. The van der Waals surface area contributed by atoms with Crippen LogP contribution < -0.4 is 9.64 Å². The molecule has 0 aliphatic carbocycles. The molecular weight excluding hydrogens is 395 g/mol. The molecule has 1 aromatic heterocycles. The fourth-order valence-corrected chi connectivity index (χ4v) is 4.19. The summed E-state index contributed by atoms with van der Waals surface area (Å²) in [7, 11) is 1.64. The average molecular weight is 423 g/mol. The second-order valence-electron chi connectivity index (χ2n) is 7.99. The zero-order valence-electron chi connectivity index (χ0n) is 18.4. The molecule has 0 N–H and O–H groups in total. The number of aryl methyl sites for hydroxylation is 2. The first-order valence-corrected chi connectivity index (χ1v) is 10.4. The van der Waals surface area contributed by atoms with Gasteiger partial charge in [0.1, 0.15) is 17.1 Å². The Balaban J connectivity index is 1.52. The minimum atomic E-state index is -0.243. The van der Waals surface area contributed by atoms with Crippen LogP contribution in [0.1, 0.15) is 23.6 Å². The molecule has 3 aromatic rings. The molecule has 1 fully saturated rings. The highest BCUT2D eigenvalue weighted by Gasteiger charge is 2.22. The normalized spacial score (nSPS) is 14.9. The number of anilines is 1. The molecule has 4 rings (SSSR count). The van der Waals surface area contributed by atoms with Crippen molar-refractivity contribution < 1.29 is 18.3 Å². The predicted molar refractivity (Wildman–Crippen MR) is 121 cm³/mol. The fraction of sp³-hybridized carbons (Fsp3) is 0.320. The Morgan fingerprint density at radius 1 is 1.13 bits per heavy atom. The van der Waals surface area contributed by atoms with E-state index < -0.39 is 0 Å². The van der Waals surface area contributed by atoms with Crippen LogP contribution in [0.5, 0.6) is 5.75 Å². The summed E-state index contributed by atoms with van der Waals surface area (Å²) < 4.78 is 24.5. The number of furan rings is 1. The minimum absolute atomic E-state index is 0.0139. The summed E-state index contributed by atoms with van der Waals surface area (Å²) in [5.41, 5.74) is 5.52. The summed E-state index contributed by atoms with van der Waals surface area (Å²) in [4.78, 5) is 17.0. The maximum atomic E-state index is 13.2.